The molecule has 32 heavy (non-hydrogen) atoms. The Labute approximate surface area is 193 Å². The highest BCUT2D eigenvalue weighted by Gasteiger charge is 2.33. The van der Waals surface area contributed by atoms with Gasteiger partial charge in [0.05, 0.1) is 18.0 Å². The number of hydrogen-bond acceptors (Lipinski definition) is 7. The van der Waals surface area contributed by atoms with Crippen LogP contribution in [-0.4, -0.2) is 69.6 Å². The minimum Gasteiger partial charge on any atom is -0.464 e. The van der Waals surface area contributed by atoms with Crippen LogP contribution in [0.3, 0.4) is 0 Å². The molecule has 2 aliphatic heterocycles. The highest BCUT2D eigenvalue weighted by molar-refractivity contribution is 7.99. The molecule has 8 nitrogen and oxygen atoms in total. The number of carbonyl (C=O) groups excluding carboxylic acids is 2. The molecule has 2 aliphatic rings. The summed E-state index contributed by atoms with van der Waals surface area (Å²) in [6.07, 6.45) is 6.03. The van der Waals surface area contributed by atoms with Crippen LogP contribution in [0.5, 0.6) is 0 Å². The molecule has 2 aromatic rings. The van der Waals surface area contributed by atoms with E-state index >= 15 is 0 Å². The number of likely N-dealkylation sites (tertiary alicyclic amines) is 1. The average Bonchev–Trinajstić information content (AvgIpc) is 3.28. The second-order valence-electron chi connectivity index (χ2n) is 8.14. The second-order valence-corrected chi connectivity index (χ2v) is 9.08. The lowest BCUT2D eigenvalue weighted by Gasteiger charge is -2.34. The number of esters is 1. The molecule has 1 aromatic heterocycles. The number of nitrogens with zero attached hydrogens (tertiary/aromatic N) is 5. The number of benzene rings is 1. The minimum atomic E-state index is -0.479. The van der Waals surface area contributed by atoms with Crippen molar-refractivity contribution >= 4 is 29.6 Å². The number of para-hydroxylation sites is 1. The number of carbonyl (C=O) groups is 2. The maximum atomic E-state index is 13.1. The van der Waals surface area contributed by atoms with E-state index < -0.39 is 6.04 Å². The lowest BCUT2D eigenvalue weighted by molar-refractivity contribution is -0.155. The fourth-order valence-electron chi connectivity index (χ4n) is 4.38. The van der Waals surface area contributed by atoms with Crippen molar-refractivity contribution < 1.29 is 14.3 Å². The van der Waals surface area contributed by atoms with Crippen molar-refractivity contribution in [2.75, 3.05) is 36.9 Å². The number of piperidine rings is 2. The molecule has 1 unspecified atom stereocenters. The Morgan fingerprint density at radius 3 is 2.53 bits per heavy atom. The Kier molecular flexibility index (Phi) is 7.68. The van der Waals surface area contributed by atoms with Crippen LogP contribution in [0.25, 0.3) is 5.69 Å². The summed E-state index contributed by atoms with van der Waals surface area (Å²) in [5.74, 6) is 0.675. The van der Waals surface area contributed by atoms with Gasteiger partial charge in [-0.25, -0.2) is 4.79 Å². The van der Waals surface area contributed by atoms with E-state index in [1.807, 2.05) is 34.9 Å². The maximum absolute atomic E-state index is 13.1. The summed E-state index contributed by atoms with van der Waals surface area (Å²) in [6.45, 7) is 4.63. The number of thioether (sulfide) groups is 1. The number of rotatable bonds is 7. The SMILES string of the molecule is CCOC(=O)C1CCCCN1C(=O)CSc1nnc(N2CCCCC2)n1-c1ccccc1. The molecule has 1 aromatic carbocycles. The molecule has 1 atom stereocenters. The van der Waals surface area contributed by atoms with E-state index in [2.05, 4.69) is 15.1 Å². The van der Waals surface area contributed by atoms with Gasteiger partial charge in [0.15, 0.2) is 5.16 Å². The molecule has 9 heteroatoms. The molecule has 2 fully saturated rings. The number of hydrogen-bond donors (Lipinski definition) is 0. The topological polar surface area (TPSA) is 80.6 Å². The fourth-order valence-corrected chi connectivity index (χ4v) is 5.21. The highest BCUT2D eigenvalue weighted by Crippen LogP contribution is 2.29. The van der Waals surface area contributed by atoms with Gasteiger partial charge in [0.1, 0.15) is 6.04 Å². The molecule has 172 valence electrons. The van der Waals surface area contributed by atoms with E-state index in [1.54, 1.807) is 11.8 Å². The van der Waals surface area contributed by atoms with Crippen LogP contribution < -0.4 is 4.90 Å². The Balaban J connectivity index is 1.52. The van der Waals surface area contributed by atoms with Crippen molar-refractivity contribution in [3.63, 3.8) is 0 Å². The first kappa shape index (κ1) is 22.6. The van der Waals surface area contributed by atoms with Gasteiger partial charge in [0.2, 0.25) is 11.9 Å². The molecule has 0 bridgehead atoms. The third-order valence-corrected chi connectivity index (χ3v) is 6.89. The summed E-state index contributed by atoms with van der Waals surface area (Å²) >= 11 is 1.37. The smallest absolute Gasteiger partial charge is 0.328 e. The summed E-state index contributed by atoms with van der Waals surface area (Å²) in [7, 11) is 0. The van der Waals surface area contributed by atoms with Crippen LogP contribution in [0.4, 0.5) is 5.95 Å². The Bertz CT molecular complexity index is 914. The first-order valence-electron chi connectivity index (χ1n) is 11.5. The van der Waals surface area contributed by atoms with E-state index in [-0.39, 0.29) is 17.6 Å². The van der Waals surface area contributed by atoms with Gasteiger partial charge in [-0.2, -0.15) is 0 Å². The Morgan fingerprint density at radius 1 is 1.03 bits per heavy atom. The largest absolute Gasteiger partial charge is 0.464 e. The van der Waals surface area contributed by atoms with Crippen molar-refractivity contribution in [2.24, 2.45) is 0 Å². The zero-order valence-corrected chi connectivity index (χ0v) is 19.4. The monoisotopic (exact) mass is 457 g/mol. The molecule has 0 N–H and O–H groups in total. The average molecular weight is 458 g/mol. The standard InChI is InChI=1S/C23H31N5O3S/c1-2-31-21(30)19-13-7-10-16-27(19)20(29)17-32-23-25-24-22(26-14-8-4-9-15-26)28(23)18-11-5-3-6-12-18/h3,5-6,11-12,19H,2,4,7-10,13-17H2,1H3. The first-order valence-corrected chi connectivity index (χ1v) is 12.5. The van der Waals surface area contributed by atoms with Crippen LogP contribution in [0.1, 0.15) is 45.4 Å². The summed E-state index contributed by atoms with van der Waals surface area (Å²) in [5, 5.41) is 9.62. The van der Waals surface area contributed by atoms with Crippen molar-refractivity contribution in [1.29, 1.82) is 0 Å². The summed E-state index contributed by atoms with van der Waals surface area (Å²) in [5.41, 5.74) is 0.982. The highest BCUT2D eigenvalue weighted by atomic mass is 32.2. The van der Waals surface area contributed by atoms with E-state index in [0.717, 1.165) is 50.4 Å². The fraction of sp³-hybridized carbons (Fsp3) is 0.565. The third kappa shape index (κ3) is 5.09. The minimum absolute atomic E-state index is 0.0603. The van der Waals surface area contributed by atoms with Crippen LogP contribution in [0.2, 0.25) is 0 Å². The molecule has 4 rings (SSSR count). The van der Waals surface area contributed by atoms with E-state index in [1.165, 1.54) is 18.2 Å². The number of amides is 1. The third-order valence-electron chi connectivity index (χ3n) is 5.98. The summed E-state index contributed by atoms with van der Waals surface area (Å²) in [6, 6.07) is 9.55. The lowest BCUT2D eigenvalue weighted by Crippen LogP contribution is -2.49. The number of ether oxygens (including phenoxy) is 1. The Hall–Kier alpha value is -2.55. The molecule has 0 aliphatic carbocycles. The zero-order valence-electron chi connectivity index (χ0n) is 18.6. The molecule has 1 amide bonds. The van der Waals surface area contributed by atoms with Crippen LogP contribution in [-0.2, 0) is 14.3 Å². The van der Waals surface area contributed by atoms with Gasteiger partial charge in [0.25, 0.3) is 0 Å². The Morgan fingerprint density at radius 2 is 1.78 bits per heavy atom. The van der Waals surface area contributed by atoms with Crippen LogP contribution in [0.15, 0.2) is 35.5 Å². The van der Waals surface area contributed by atoms with Crippen molar-refractivity contribution in [3.05, 3.63) is 30.3 Å². The molecular weight excluding hydrogens is 426 g/mol. The lowest BCUT2D eigenvalue weighted by atomic mass is 10.0. The van der Waals surface area contributed by atoms with Gasteiger partial charge in [0, 0.05) is 19.6 Å². The molecule has 0 saturated carbocycles. The first-order chi connectivity index (χ1) is 15.7. The molecule has 2 saturated heterocycles. The predicted octanol–water partition coefficient (Wildman–Crippen LogP) is 3.29. The zero-order chi connectivity index (χ0) is 22.3. The maximum Gasteiger partial charge on any atom is 0.328 e. The van der Waals surface area contributed by atoms with Crippen molar-refractivity contribution in [3.8, 4) is 5.69 Å². The molecule has 0 spiro atoms. The van der Waals surface area contributed by atoms with E-state index in [0.29, 0.717) is 24.7 Å². The summed E-state index contributed by atoms with van der Waals surface area (Å²) < 4.78 is 7.24. The van der Waals surface area contributed by atoms with Crippen molar-refractivity contribution in [1.82, 2.24) is 19.7 Å². The second kappa shape index (κ2) is 10.8. The molecular formula is C23H31N5O3S. The normalized spacial score (nSPS) is 19.1. The van der Waals surface area contributed by atoms with Gasteiger partial charge in [-0.15, -0.1) is 10.2 Å². The van der Waals surface area contributed by atoms with Crippen molar-refractivity contribution in [2.45, 2.75) is 56.6 Å². The summed E-state index contributed by atoms with van der Waals surface area (Å²) in [4.78, 5) is 29.4. The molecule has 3 heterocycles. The van der Waals surface area contributed by atoms with E-state index in [4.69, 9.17) is 4.74 Å². The van der Waals surface area contributed by atoms with Gasteiger partial charge in [-0.1, -0.05) is 30.0 Å². The quantitative estimate of drug-likeness (QED) is 0.466. The van der Waals surface area contributed by atoms with Crippen LogP contribution in [0, 0.1) is 0 Å². The molecule has 0 radical (unpaired) electrons. The van der Waals surface area contributed by atoms with Gasteiger partial charge in [-0.3, -0.25) is 9.36 Å². The van der Waals surface area contributed by atoms with Gasteiger partial charge >= 0.3 is 5.97 Å². The van der Waals surface area contributed by atoms with Gasteiger partial charge in [-0.05, 0) is 57.6 Å². The van der Waals surface area contributed by atoms with Crippen LogP contribution >= 0.6 is 11.8 Å². The predicted molar refractivity (Wildman–Crippen MR) is 124 cm³/mol. The van der Waals surface area contributed by atoms with Gasteiger partial charge < -0.3 is 14.5 Å². The number of anilines is 1. The van der Waals surface area contributed by atoms with E-state index in [9.17, 15) is 9.59 Å². The number of aromatic nitrogens is 3.